The molecule has 1 atom stereocenters. The van der Waals surface area contributed by atoms with E-state index < -0.39 is 6.10 Å². The van der Waals surface area contributed by atoms with Gasteiger partial charge in [-0.05, 0) is 64.2 Å². The highest BCUT2D eigenvalue weighted by molar-refractivity contribution is 5.71. The van der Waals surface area contributed by atoms with Gasteiger partial charge in [0.15, 0.2) is 6.10 Å². The van der Waals surface area contributed by atoms with E-state index in [0.29, 0.717) is 13.0 Å². The molecule has 5 nitrogen and oxygen atoms in total. The van der Waals surface area contributed by atoms with Crippen molar-refractivity contribution in [3.05, 3.63) is 72.9 Å². The summed E-state index contributed by atoms with van der Waals surface area (Å²) in [4.78, 5) is 25.3. The average Bonchev–Trinajstić information content (AvgIpc) is 3.22. The highest BCUT2D eigenvalue weighted by atomic mass is 16.6. The zero-order valence-electron chi connectivity index (χ0n) is 38.3. The van der Waals surface area contributed by atoms with Gasteiger partial charge in [-0.2, -0.15) is 0 Å². The maximum atomic E-state index is 12.8. The second kappa shape index (κ2) is 48.7. The van der Waals surface area contributed by atoms with Crippen LogP contribution in [0, 0.1) is 0 Å². The molecule has 0 saturated heterocycles. The van der Waals surface area contributed by atoms with Gasteiger partial charge >= 0.3 is 11.9 Å². The molecule has 0 aromatic heterocycles. The van der Waals surface area contributed by atoms with Crippen molar-refractivity contribution in [2.45, 2.75) is 232 Å². The van der Waals surface area contributed by atoms with Crippen molar-refractivity contribution in [3.8, 4) is 0 Å². The van der Waals surface area contributed by atoms with Gasteiger partial charge in [0.1, 0.15) is 6.61 Å². The molecule has 0 saturated carbocycles. The highest BCUT2D eigenvalue weighted by Gasteiger charge is 2.17. The fraction of sp³-hybridized carbons (Fsp3) is 0.736. The Labute approximate surface area is 359 Å². The van der Waals surface area contributed by atoms with Crippen LogP contribution in [0.3, 0.4) is 0 Å². The number of ether oxygens (including phenoxy) is 3. The fourth-order valence-electron chi connectivity index (χ4n) is 6.62. The van der Waals surface area contributed by atoms with Crippen LogP contribution >= 0.6 is 0 Å². The number of allylic oxidation sites excluding steroid dienone is 11. The molecular weight excluding hydrogens is 717 g/mol. The summed E-state index contributed by atoms with van der Waals surface area (Å²) in [5, 5.41) is 0. The first-order valence-corrected chi connectivity index (χ1v) is 24.5. The third-order valence-corrected chi connectivity index (χ3v) is 10.3. The number of carbonyl (C=O) groups is 2. The summed E-state index contributed by atoms with van der Waals surface area (Å²) >= 11 is 0. The number of esters is 2. The Morgan fingerprint density at radius 1 is 0.414 bits per heavy atom. The van der Waals surface area contributed by atoms with E-state index in [-0.39, 0.29) is 31.6 Å². The van der Waals surface area contributed by atoms with E-state index >= 15 is 0 Å². The summed E-state index contributed by atoms with van der Waals surface area (Å²) in [6, 6.07) is 0. The first-order chi connectivity index (χ1) is 28.6. The minimum atomic E-state index is -0.577. The summed E-state index contributed by atoms with van der Waals surface area (Å²) in [6.07, 6.45) is 62.1. The summed E-state index contributed by atoms with van der Waals surface area (Å²) in [5.74, 6) is -0.543. The summed E-state index contributed by atoms with van der Waals surface area (Å²) in [7, 11) is 0. The average molecular weight is 809 g/mol. The van der Waals surface area contributed by atoms with Gasteiger partial charge in [-0.1, -0.05) is 222 Å². The molecule has 0 aliphatic carbocycles. The first kappa shape index (κ1) is 55.3. The predicted molar refractivity (Wildman–Crippen MR) is 251 cm³/mol. The molecule has 0 aliphatic rings. The molecule has 1 unspecified atom stereocenters. The van der Waals surface area contributed by atoms with E-state index in [1.807, 2.05) is 12.2 Å². The van der Waals surface area contributed by atoms with E-state index in [1.54, 1.807) is 0 Å². The summed E-state index contributed by atoms with van der Waals surface area (Å²) < 4.78 is 17.2. The first-order valence-electron chi connectivity index (χ1n) is 24.5. The van der Waals surface area contributed by atoms with Crippen LogP contribution in [0.25, 0.3) is 0 Å². The number of unbranched alkanes of at least 4 members (excludes halogenated alkanes) is 22. The van der Waals surface area contributed by atoms with Crippen LogP contribution in [0.4, 0.5) is 0 Å². The zero-order chi connectivity index (χ0) is 42.1. The van der Waals surface area contributed by atoms with Gasteiger partial charge < -0.3 is 14.2 Å². The Hall–Kier alpha value is -2.66. The van der Waals surface area contributed by atoms with Gasteiger partial charge in [0.25, 0.3) is 0 Å². The molecule has 0 N–H and O–H groups in total. The van der Waals surface area contributed by atoms with Crippen LogP contribution in [0.2, 0.25) is 0 Å². The molecule has 0 radical (unpaired) electrons. The van der Waals surface area contributed by atoms with Gasteiger partial charge in [0.2, 0.25) is 0 Å². The zero-order valence-corrected chi connectivity index (χ0v) is 38.3. The molecule has 0 amide bonds. The lowest BCUT2D eigenvalue weighted by Gasteiger charge is -2.18. The summed E-state index contributed by atoms with van der Waals surface area (Å²) in [6.45, 7) is 7.57. The Morgan fingerprint density at radius 3 is 1.36 bits per heavy atom. The molecule has 0 aromatic rings. The van der Waals surface area contributed by atoms with Crippen molar-refractivity contribution in [3.63, 3.8) is 0 Å². The van der Waals surface area contributed by atoms with E-state index in [9.17, 15) is 9.59 Å². The smallest absolute Gasteiger partial charge is 0.309 e. The minimum Gasteiger partial charge on any atom is -0.461 e. The number of carbonyl (C=O) groups excluding carboxylic acids is 2. The van der Waals surface area contributed by atoms with Crippen LogP contribution < -0.4 is 0 Å². The van der Waals surface area contributed by atoms with Gasteiger partial charge in [-0.25, -0.2) is 0 Å². The minimum absolute atomic E-state index is 0.0288. The normalized spacial score (nSPS) is 12.8. The molecule has 0 aromatic carbocycles. The van der Waals surface area contributed by atoms with Gasteiger partial charge in [0.05, 0.1) is 13.0 Å². The monoisotopic (exact) mass is 809 g/mol. The van der Waals surface area contributed by atoms with Crippen molar-refractivity contribution in [1.82, 2.24) is 0 Å². The van der Waals surface area contributed by atoms with Crippen LogP contribution in [0.15, 0.2) is 72.9 Å². The largest absolute Gasteiger partial charge is 0.461 e. The molecule has 58 heavy (non-hydrogen) atoms. The molecular formula is C53H92O5. The van der Waals surface area contributed by atoms with Crippen molar-refractivity contribution in [2.75, 3.05) is 19.8 Å². The third kappa shape index (κ3) is 46.0. The van der Waals surface area contributed by atoms with Crippen molar-refractivity contribution >= 4 is 11.9 Å². The lowest BCUT2D eigenvalue weighted by atomic mass is 10.0. The van der Waals surface area contributed by atoms with Crippen molar-refractivity contribution in [2.24, 2.45) is 0 Å². The number of hydrogen-bond acceptors (Lipinski definition) is 5. The Balaban J connectivity index is 4.38. The molecule has 0 spiro atoms. The fourth-order valence-corrected chi connectivity index (χ4v) is 6.62. The van der Waals surface area contributed by atoms with Crippen LogP contribution in [0.1, 0.15) is 226 Å². The number of hydrogen-bond donors (Lipinski definition) is 0. The molecule has 0 bridgehead atoms. The quantitative estimate of drug-likeness (QED) is 0.0348. The summed E-state index contributed by atoms with van der Waals surface area (Å²) in [5.41, 5.74) is 0. The topological polar surface area (TPSA) is 61.8 Å². The van der Waals surface area contributed by atoms with Gasteiger partial charge in [-0.3, -0.25) is 9.59 Å². The molecule has 0 fully saturated rings. The highest BCUT2D eigenvalue weighted by Crippen LogP contribution is 2.15. The van der Waals surface area contributed by atoms with Crippen LogP contribution in [0.5, 0.6) is 0 Å². The molecule has 0 rings (SSSR count). The predicted octanol–water partition coefficient (Wildman–Crippen LogP) is 16.3. The maximum absolute atomic E-state index is 12.8. The molecule has 0 aliphatic heterocycles. The SMILES string of the molecule is CC/C=C\C/C=C\C/C=C\C/C=C\C/C=C\CC(=O)OCC(COCCCCCCCC/C=C\CCCC)OC(=O)CCCCCCCCCCCCCCCCC. The second-order valence-electron chi connectivity index (χ2n) is 16.0. The lowest BCUT2D eigenvalue weighted by molar-refractivity contribution is -0.162. The maximum Gasteiger partial charge on any atom is 0.309 e. The Kier molecular flexibility index (Phi) is 46.5. The van der Waals surface area contributed by atoms with Gasteiger partial charge in [-0.15, -0.1) is 0 Å². The van der Waals surface area contributed by atoms with Crippen molar-refractivity contribution < 1.29 is 23.8 Å². The van der Waals surface area contributed by atoms with E-state index in [4.69, 9.17) is 14.2 Å². The van der Waals surface area contributed by atoms with Crippen LogP contribution in [-0.4, -0.2) is 37.9 Å². The Bertz CT molecular complexity index is 1050. The molecule has 5 heteroatoms. The third-order valence-electron chi connectivity index (χ3n) is 10.3. The van der Waals surface area contributed by atoms with E-state index in [1.165, 1.54) is 135 Å². The Morgan fingerprint density at radius 2 is 0.845 bits per heavy atom. The van der Waals surface area contributed by atoms with Gasteiger partial charge in [0, 0.05) is 13.0 Å². The second-order valence-corrected chi connectivity index (χ2v) is 16.0. The molecule has 0 heterocycles. The lowest BCUT2D eigenvalue weighted by Crippen LogP contribution is -2.30. The standard InChI is InChI=1S/C53H92O5/c1-4-7-10-13-16-19-22-25-27-29-31-34-37-40-43-46-52(54)57-50-51(49-56-48-45-42-39-36-33-24-21-18-15-12-9-6-3)58-53(55)47-44-41-38-35-32-30-28-26-23-20-17-14-11-8-5-2/h7,10,15-16,18-19,25,27,31,34,40,43,51H,4-6,8-9,11-14,17,20-24,26,28-30,32-33,35-39,41-42,44-50H2,1-3H3/b10-7-,18-15-,19-16-,27-25-,34-31-,43-40-. The van der Waals surface area contributed by atoms with E-state index in [2.05, 4.69) is 81.5 Å². The number of rotatable bonds is 44. The van der Waals surface area contributed by atoms with Crippen LogP contribution in [-0.2, 0) is 23.8 Å². The molecule has 334 valence electrons. The van der Waals surface area contributed by atoms with E-state index in [0.717, 1.165) is 57.8 Å². The van der Waals surface area contributed by atoms with Crippen molar-refractivity contribution in [1.29, 1.82) is 0 Å².